The summed E-state index contributed by atoms with van der Waals surface area (Å²) in [5.74, 6) is -2.32. The third kappa shape index (κ3) is 2.48. The van der Waals surface area contributed by atoms with Crippen LogP contribution in [-0.4, -0.2) is 30.1 Å². The summed E-state index contributed by atoms with van der Waals surface area (Å²) in [6.07, 6.45) is 1.49. The fourth-order valence-corrected chi connectivity index (χ4v) is 2.38. The maximum atomic E-state index is 12.4. The van der Waals surface area contributed by atoms with Crippen LogP contribution < -0.4 is 5.56 Å². The van der Waals surface area contributed by atoms with Crippen molar-refractivity contribution in [2.45, 2.75) is 6.54 Å². The number of hydrogen-bond acceptors (Lipinski definition) is 6. The number of phenolic OH excluding ortho intramolecular Hbond substituents is 5. The van der Waals surface area contributed by atoms with E-state index in [4.69, 9.17) is 0 Å². The minimum atomic E-state index is -0.625. The maximum Gasteiger partial charge on any atom is 0.258 e. The van der Waals surface area contributed by atoms with Crippen LogP contribution in [0.15, 0.2) is 41.3 Å². The van der Waals surface area contributed by atoms with Crippen LogP contribution in [0.1, 0.15) is 5.56 Å². The molecule has 1 aromatic heterocycles. The molecule has 0 aliphatic heterocycles. The van der Waals surface area contributed by atoms with Crippen LogP contribution in [0, 0.1) is 0 Å². The summed E-state index contributed by atoms with van der Waals surface area (Å²) < 4.78 is 1.31. The SMILES string of the molecule is O=c1c2cc(O)c(O)cc2ccn1Cc1cc(O)c(O)c(O)c1. The Morgan fingerprint density at radius 3 is 2.09 bits per heavy atom. The van der Waals surface area contributed by atoms with Crippen molar-refractivity contribution in [3.05, 3.63) is 52.4 Å². The van der Waals surface area contributed by atoms with Gasteiger partial charge in [0.05, 0.1) is 11.9 Å². The van der Waals surface area contributed by atoms with Crippen LogP contribution in [0.25, 0.3) is 10.8 Å². The highest BCUT2D eigenvalue weighted by atomic mass is 16.3. The van der Waals surface area contributed by atoms with Crippen LogP contribution in [0.5, 0.6) is 28.7 Å². The van der Waals surface area contributed by atoms with E-state index in [0.717, 1.165) is 0 Å². The van der Waals surface area contributed by atoms with Gasteiger partial charge in [0.25, 0.3) is 5.56 Å². The summed E-state index contributed by atoms with van der Waals surface area (Å²) in [6.45, 7) is 0.0395. The van der Waals surface area contributed by atoms with E-state index in [1.807, 2.05) is 0 Å². The number of hydrogen-bond donors (Lipinski definition) is 5. The van der Waals surface area contributed by atoms with E-state index in [0.29, 0.717) is 10.9 Å². The van der Waals surface area contributed by atoms with Gasteiger partial charge in [-0.05, 0) is 41.3 Å². The van der Waals surface area contributed by atoms with Gasteiger partial charge in [-0.3, -0.25) is 4.79 Å². The molecule has 0 unspecified atom stereocenters. The predicted molar refractivity (Wildman–Crippen MR) is 82.1 cm³/mol. The zero-order chi connectivity index (χ0) is 16.7. The van der Waals surface area contributed by atoms with E-state index in [2.05, 4.69) is 0 Å². The number of rotatable bonds is 2. The Balaban J connectivity index is 2.09. The van der Waals surface area contributed by atoms with Crippen LogP contribution >= 0.6 is 0 Å². The second-order valence-electron chi connectivity index (χ2n) is 5.16. The molecule has 5 N–H and O–H groups in total. The van der Waals surface area contributed by atoms with Crippen LogP contribution in [0.3, 0.4) is 0 Å². The zero-order valence-corrected chi connectivity index (χ0v) is 11.8. The lowest BCUT2D eigenvalue weighted by atomic mass is 10.1. The highest BCUT2D eigenvalue weighted by Gasteiger charge is 2.11. The summed E-state index contributed by atoms with van der Waals surface area (Å²) in [7, 11) is 0. The molecule has 0 aliphatic rings. The van der Waals surface area contributed by atoms with Crippen molar-refractivity contribution in [2.24, 2.45) is 0 Å². The summed E-state index contributed by atoms with van der Waals surface area (Å²) in [6, 6.07) is 6.53. The first-order valence-corrected chi connectivity index (χ1v) is 6.66. The van der Waals surface area contributed by atoms with Crippen molar-refractivity contribution < 1.29 is 25.5 Å². The number of benzene rings is 2. The number of phenols is 5. The summed E-state index contributed by atoms with van der Waals surface area (Å²) in [5.41, 5.74) is -0.00731. The van der Waals surface area contributed by atoms with Gasteiger partial charge in [-0.25, -0.2) is 0 Å². The van der Waals surface area contributed by atoms with E-state index < -0.39 is 28.6 Å². The minimum Gasteiger partial charge on any atom is -0.504 e. The standard InChI is InChI=1S/C16H13NO6/c18-11-5-9-1-2-17(16(23)10(9)6-12(11)19)7-8-3-13(20)15(22)14(21)4-8/h1-6,18-22H,7H2. The van der Waals surface area contributed by atoms with Crippen molar-refractivity contribution >= 4 is 10.8 Å². The number of aromatic hydroxyl groups is 5. The van der Waals surface area contributed by atoms with Gasteiger partial charge in [-0.1, -0.05) is 0 Å². The zero-order valence-electron chi connectivity index (χ0n) is 11.8. The molecule has 0 saturated heterocycles. The molecule has 1 heterocycles. The molecule has 0 radical (unpaired) electrons. The first kappa shape index (κ1) is 14.6. The normalized spacial score (nSPS) is 11.0. The first-order chi connectivity index (χ1) is 10.9. The Morgan fingerprint density at radius 1 is 0.826 bits per heavy atom. The van der Waals surface area contributed by atoms with Gasteiger partial charge in [-0.15, -0.1) is 0 Å². The molecule has 0 amide bonds. The van der Waals surface area contributed by atoms with Gasteiger partial charge in [-0.2, -0.15) is 0 Å². The molecular formula is C16H13NO6. The molecule has 0 atom stereocenters. The van der Waals surface area contributed by atoms with Crippen molar-refractivity contribution in [1.29, 1.82) is 0 Å². The summed E-state index contributed by atoms with van der Waals surface area (Å²) in [4.78, 5) is 12.4. The Bertz CT molecular complexity index is 953. The van der Waals surface area contributed by atoms with Gasteiger partial charge in [0.15, 0.2) is 28.7 Å². The van der Waals surface area contributed by atoms with Gasteiger partial charge in [0, 0.05) is 6.20 Å². The Labute approximate surface area is 129 Å². The lowest BCUT2D eigenvalue weighted by molar-refractivity contribution is 0.367. The smallest absolute Gasteiger partial charge is 0.258 e. The molecule has 7 heteroatoms. The largest absolute Gasteiger partial charge is 0.504 e. The van der Waals surface area contributed by atoms with E-state index in [1.165, 1.54) is 35.0 Å². The van der Waals surface area contributed by atoms with Gasteiger partial charge >= 0.3 is 0 Å². The van der Waals surface area contributed by atoms with Gasteiger partial charge in [0.2, 0.25) is 0 Å². The van der Waals surface area contributed by atoms with E-state index in [1.54, 1.807) is 6.07 Å². The highest BCUT2D eigenvalue weighted by Crippen LogP contribution is 2.35. The molecular weight excluding hydrogens is 302 g/mol. The first-order valence-electron chi connectivity index (χ1n) is 6.66. The fraction of sp³-hybridized carbons (Fsp3) is 0.0625. The molecule has 118 valence electrons. The molecule has 0 aliphatic carbocycles. The predicted octanol–water partition coefficient (Wildman–Crippen LogP) is 1.58. The molecule has 3 aromatic rings. The summed E-state index contributed by atoms with van der Waals surface area (Å²) >= 11 is 0. The van der Waals surface area contributed by atoms with Crippen LogP contribution in [0.2, 0.25) is 0 Å². The molecule has 0 spiro atoms. The minimum absolute atomic E-state index is 0.0395. The average molecular weight is 315 g/mol. The molecule has 0 saturated carbocycles. The molecule has 0 fully saturated rings. The van der Waals surface area contributed by atoms with Gasteiger partial charge < -0.3 is 30.1 Å². The lowest BCUT2D eigenvalue weighted by Gasteiger charge is -2.10. The van der Waals surface area contributed by atoms with Gasteiger partial charge in [0.1, 0.15) is 0 Å². The molecule has 2 aromatic carbocycles. The van der Waals surface area contributed by atoms with Crippen molar-refractivity contribution in [3.8, 4) is 28.7 Å². The van der Waals surface area contributed by atoms with E-state index in [9.17, 15) is 30.3 Å². The van der Waals surface area contributed by atoms with Crippen molar-refractivity contribution in [1.82, 2.24) is 4.57 Å². The lowest BCUT2D eigenvalue weighted by Crippen LogP contribution is -2.19. The molecule has 0 bridgehead atoms. The van der Waals surface area contributed by atoms with Crippen molar-refractivity contribution in [3.63, 3.8) is 0 Å². The third-order valence-corrected chi connectivity index (χ3v) is 3.55. The molecule has 7 nitrogen and oxygen atoms in total. The van der Waals surface area contributed by atoms with Crippen LogP contribution in [0.4, 0.5) is 0 Å². The van der Waals surface area contributed by atoms with Crippen molar-refractivity contribution in [2.75, 3.05) is 0 Å². The summed E-state index contributed by atoms with van der Waals surface area (Å²) in [5, 5.41) is 48.0. The van der Waals surface area contributed by atoms with E-state index >= 15 is 0 Å². The highest BCUT2D eigenvalue weighted by molar-refractivity contribution is 5.84. The number of nitrogens with zero attached hydrogens (tertiary/aromatic N) is 1. The monoisotopic (exact) mass is 315 g/mol. The Morgan fingerprint density at radius 2 is 1.43 bits per heavy atom. The molecule has 3 rings (SSSR count). The Hall–Kier alpha value is -3.35. The average Bonchev–Trinajstić information content (AvgIpc) is 2.50. The fourth-order valence-electron chi connectivity index (χ4n) is 2.38. The molecule has 23 heavy (non-hydrogen) atoms. The number of fused-ring (bicyclic) bond motifs is 1. The third-order valence-electron chi connectivity index (χ3n) is 3.55. The second kappa shape index (κ2) is 5.13. The Kier molecular flexibility index (Phi) is 3.25. The number of pyridine rings is 1. The van der Waals surface area contributed by atoms with E-state index in [-0.39, 0.29) is 17.7 Å². The second-order valence-corrected chi connectivity index (χ2v) is 5.16. The maximum absolute atomic E-state index is 12.4. The van der Waals surface area contributed by atoms with Crippen LogP contribution in [-0.2, 0) is 6.54 Å². The number of aromatic nitrogens is 1. The topological polar surface area (TPSA) is 123 Å². The quantitative estimate of drug-likeness (QED) is 0.457.